The second-order valence-corrected chi connectivity index (χ2v) is 18.6. The van der Waals surface area contributed by atoms with Crippen molar-refractivity contribution in [3.05, 3.63) is 101 Å². The SMILES string of the molecule is CC(C)S(=O)(=O)Nc1ccc(F)c(C(=O)c2c[nH]c3ncc(-c4ccc(N5CCN(C(=O)CN6CCC(c7ccc(NC8CCC(=O)NC8=O)cc7F)CC6)CC5)nc4)cc23)c1F. The predicted octanol–water partition coefficient (Wildman–Crippen LogP) is 5.17. The van der Waals surface area contributed by atoms with Crippen LogP contribution >= 0.6 is 0 Å². The maximum Gasteiger partial charge on any atom is 0.249 e. The van der Waals surface area contributed by atoms with Gasteiger partial charge in [-0.15, -0.1) is 0 Å². The second-order valence-electron chi connectivity index (χ2n) is 16.3. The Bertz CT molecular complexity index is 2700. The molecule has 15 nitrogen and oxygen atoms in total. The summed E-state index contributed by atoms with van der Waals surface area (Å²) in [5.74, 6) is -3.79. The highest BCUT2D eigenvalue weighted by Crippen LogP contribution is 2.33. The predicted molar refractivity (Wildman–Crippen MR) is 230 cm³/mol. The molecule has 6 heterocycles. The Morgan fingerprint density at radius 1 is 0.873 bits per heavy atom. The molecule has 2 aromatic carbocycles. The van der Waals surface area contributed by atoms with Gasteiger partial charge >= 0.3 is 0 Å². The number of H-pyrrole nitrogens is 1. The summed E-state index contributed by atoms with van der Waals surface area (Å²) in [4.78, 5) is 68.5. The number of imide groups is 1. The molecule has 19 heteroatoms. The van der Waals surface area contributed by atoms with Crippen molar-refractivity contribution in [2.75, 3.05) is 60.8 Å². The standard InChI is InChI=1S/C44H46F3N9O6S/c1-25(2)63(61,62)53-35-7-6-33(45)40(41(35)47)42(59)32-23-50-43-31(32)19-28(22-49-43)27-3-9-37(48-21-27)55-15-17-56(18-16-55)39(58)24-54-13-11-26(12-14-54)30-5-4-29(20-34(30)46)51-36-8-10-38(57)52-44(36)60/h3-7,9,19-23,25-26,36,51,53H,8,10-18,24H2,1-2H3,(H,49,50)(H,52,57,60). The molecule has 3 aliphatic heterocycles. The smallest absolute Gasteiger partial charge is 0.249 e. The fourth-order valence-corrected chi connectivity index (χ4v) is 8.90. The first-order valence-corrected chi connectivity index (χ1v) is 22.3. The van der Waals surface area contributed by atoms with Crippen LogP contribution in [0.15, 0.2) is 67.1 Å². The molecular formula is C44H46F3N9O6S. The Labute approximate surface area is 361 Å². The molecule has 4 N–H and O–H groups in total. The van der Waals surface area contributed by atoms with E-state index in [9.17, 15) is 32.0 Å². The Hall–Kier alpha value is -6.34. The lowest BCUT2D eigenvalue weighted by Crippen LogP contribution is -2.52. The number of hydrogen-bond acceptors (Lipinski definition) is 11. The van der Waals surface area contributed by atoms with Crippen molar-refractivity contribution < 1.29 is 40.8 Å². The molecule has 0 aliphatic carbocycles. The van der Waals surface area contributed by atoms with Crippen LogP contribution in [0.2, 0.25) is 0 Å². The van der Waals surface area contributed by atoms with Gasteiger partial charge in [0.15, 0.2) is 5.82 Å². The molecule has 0 spiro atoms. The maximum atomic E-state index is 15.5. The van der Waals surface area contributed by atoms with Crippen molar-refractivity contribution in [3.63, 3.8) is 0 Å². The monoisotopic (exact) mass is 885 g/mol. The molecule has 0 radical (unpaired) electrons. The van der Waals surface area contributed by atoms with Gasteiger partial charge < -0.3 is 20.1 Å². The molecule has 1 atom stereocenters. The van der Waals surface area contributed by atoms with Crippen LogP contribution in [-0.2, 0) is 24.4 Å². The lowest BCUT2D eigenvalue weighted by atomic mass is 9.89. The fourth-order valence-electron chi connectivity index (χ4n) is 8.20. The Kier molecular flexibility index (Phi) is 12.2. The molecular weight excluding hydrogens is 840 g/mol. The number of anilines is 3. The molecule has 3 fully saturated rings. The van der Waals surface area contributed by atoms with Crippen molar-refractivity contribution in [1.82, 2.24) is 30.1 Å². The number of amides is 3. The molecule has 3 aromatic heterocycles. The van der Waals surface area contributed by atoms with Crippen LogP contribution < -0.4 is 20.3 Å². The number of nitrogens with one attached hydrogen (secondary N) is 4. The molecule has 3 saturated heterocycles. The molecule has 3 amide bonds. The summed E-state index contributed by atoms with van der Waals surface area (Å²) in [6.45, 7) is 6.57. The molecule has 0 saturated carbocycles. The van der Waals surface area contributed by atoms with E-state index >= 15 is 8.78 Å². The van der Waals surface area contributed by atoms with Crippen molar-refractivity contribution in [3.8, 4) is 11.1 Å². The van der Waals surface area contributed by atoms with E-state index in [0.717, 1.165) is 12.1 Å². The summed E-state index contributed by atoms with van der Waals surface area (Å²) in [7, 11) is -3.98. The number of carbonyl (C=O) groups is 4. The van der Waals surface area contributed by atoms with E-state index in [-0.39, 0.29) is 42.1 Å². The first-order valence-electron chi connectivity index (χ1n) is 20.8. The first-order chi connectivity index (χ1) is 30.1. The molecule has 1 unspecified atom stereocenters. The van der Waals surface area contributed by atoms with Gasteiger partial charge in [0.25, 0.3) is 0 Å². The zero-order chi connectivity index (χ0) is 44.6. The van der Waals surface area contributed by atoms with Gasteiger partial charge in [-0.2, -0.15) is 0 Å². The summed E-state index contributed by atoms with van der Waals surface area (Å²) in [6, 6.07) is 11.4. The summed E-state index contributed by atoms with van der Waals surface area (Å²) in [5.41, 5.74) is 1.17. The van der Waals surface area contributed by atoms with E-state index in [4.69, 9.17) is 0 Å². The lowest BCUT2D eigenvalue weighted by Gasteiger charge is -2.37. The Balaban J connectivity index is 0.838. The lowest BCUT2D eigenvalue weighted by molar-refractivity contribution is -0.134. The minimum Gasteiger partial charge on any atom is -0.374 e. The van der Waals surface area contributed by atoms with E-state index in [1.165, 1.54) is 26.1 Å². The van der Waals surface area contributed by atoms with Crippen LogP contribution in [0.5, 0.6) is 0 Å². The number of ketones is 1. The number of aromatic amines is 1. The second kappa shape index (κ2) is 17.8. The van der Waals surface area contributed by atoms with Gasteiger partial charge in [-0.1, -0.05) is 6.07 Å². The number of sulfonamides is 1. The van der Waals surface area contributed by atoms with Gasteiger partial charge in [0.05, 0.1) is 23.0 Å². The number of pyridine rings is 2. The number of fused-ring (bicyclic) bond motifs is 1. The molecule has 5 aromatic rings. The van der Waals surface area contributed by atoms with Crippen molar-refractivity contribution in [1.29, 1.82) is 0 Å². The quantitative estimate of drug-likeness (QED) is 0.0956. The minimum atomic E-state index is -3.98. The number of benzene rings is 2. The summed E-state index contributed by atoms with van der Waals surface area (Å²) in [5, 5.41) is 4.73. The van der Waals surface area contributed by atoms with Crippen molar-refractivity contribution in [2.24, 2.45) is 0 Å². The Morgan fingerprint density at radius 3 is 2.30 bits per heavy atom. The number of halogens is 3. The van der Waals surface area contributed by atoms with Crippen LogP contribution in [0.1, 0.15) is 66.9 Å². The normalized spacial score (nSPS) is 17.9. The fraction of sp³-hybridized carbons (Fsp3) is 0.364. The van der Waals surface area contributed by atoms with Gasteiger partial charge in [0.2, 0.25) is 33.5 Å². The average molecular weight is 886 g/mol. The van der Waals surface area contributed by atoms with E-state index in [1.807, 2.05) is 17.0 Å². The van der Waals surface area contributed by atoms with E-state index < -0.39 is 55.9 Å². The Morgan fingerprint density at radius 2 is 1.62 bits per heavy atom. The van der Waals surface area contributed by atoms with Gasteiger partial charge in [-0.05, 0) is 100 Å². The van der Waals surface area contributed by atoms with E-state index in [1.54, 1.807) is 30.6 Å². The summed E-state index contributed by atoms with van der Waals surface area (Å²) in [6.07, 6.45) is 6.54. The molecule has 3 aliphatic rings. The molecule has 63 heavy (non-hydrogen) atoms. The van der Waals surface area contributed by atoms with Crippen LogP contribution in [0.25, 0.3) is 22.2 Å². The van der Waals surface area contributed by atoms with Gasteiger partial charge in [-0.25, -0.2) is 31.6 Å². The van der Waals surface area contributed by atoms with E-state index in [2.05, 4.69) is 40.1 Å². The first kappa shape index (κ1) is 43.3. The highest BCUT2D eigenvalue weighted by molar-refractivity contribution is 7.93. The molecule has 8 rings (SSSR count). The zero-order valence-electron chi connectivity index (χ0n) is 34.6. The van der Waals surface area contributed by atoms with Crippen LogP contribution in [0.4, 0.5) is 30.4 Å². The van der Waals surface area contributed by atoms with Gasteiger partial charge in [0.1, 0.15) is 29.1 Å². The summed E-state index contributed by atoms with van der Waals surface area (Å²) >= 11 is 0. The average Bonchev–Trinajstić information content (AvgIpc) is 3.70. The number of carbonyl (C=O) groups excluding carboxylic acids is 4. The summed E-state index contributed by atoms with van der Waals surface area (Å²) < 4.78 is 72.6. The minimum absolute atomic E-state index is 0.00635. The number of hydrogen-bond donors (Lipinski definition) is 4. The number of aromatic nitrogens is 3. The van der Waals surface area contributed by atoms with Crippen molar-refractivity contribution in [2.45, 2.75) is 56.7 Å². The van der Waals surface area contributed by atoms with Crippen LogP contribution in [-0.4, -0.2) is 114 Å². The molecule has 330 valence electrons. The molecule has 0 bridgehead atoms. The third kappa shape index (κ3) is 9.25. The number of rotatable bonds is 12. The highest BCUT2D eigenvalue weighted by Gasteiger charge is 2.30. The van der Waals surface area contributed by atoms with Crippen molar-refractivity contribution >= 4 is 61.8 Å². The van der Waals surface area contributed by atoms with E-state index in [0.29, 0.717) is 97.8 Å². The number of piperidine rings is 2. The van der Waals surface area contributed by atoms with Crippen LogP contribution in [0, 0.1) is 17.5 Å². The van der Waals surface area contributed by atoms with Crippen LogP contribution in [0.3, 0.4) is 0 Å². The third-order valence-electron chi connectivity index (χ3n) is 12.0. The van der Waals surface area contributed by atoms with Gasteiger partial charge in [0, 0.05) is 79.0 Å². The number of piperazine rings is 1. The maximum absolute atomic E-state index is 15.5. The number of likely N-dealkylation sites (tertiary alicyclic amines) is 1. The van der Waals surface area contributed by atoms with Gasteiger partial charge in [-0.3, -0.25) is 34.1 Å². The third-order valence-corrected chi connectivity index (χ3v) is 13.7. The number of nitrogens with zero attached hydrogens (tertiary/aromatic N) is 5. The largest absolute Gasteiger partial charge is 0.374 e. The highest BCUT2D eigenvalue weighted by atomic mass is 32.2. The topological polar surface area (TPSA) is 190 Å². The zero-order valence-corrected chi connectivity index (χ0v) is 35.4.